The van der Waals surface area contributed by atoms with E-state index >= 15 is 0 Å². The van der Waals surface area contributed by atoms with Crippen LogP contribution in [-0.2, 0) is 0 Å². The van der Waals surface area contributed by atoms with Crippen LogP contribution in [0, 0.1) is 18.3 Å². The summed E-state index contributed by atoms with van der Waals surface area (Å²) >= 11 is 3.51. The van der Waals surface area contributed by atoms with Gasteiger partial charge in [0.2, 0.25) is 0 Å². The van der Waals surface area contributed by atoms with Crippen molar-refractivity contribution in [3.05, 3.63) is 28.2 Å². The number of aryl methyl sites for hydroxylation is 1. The molecule has 3 atom stereocenters. The Kier molecular flexibility index (Phi) is 7.00. The molecule has 1 saturated heterocycles. The van der Waals surface area contributed by atoms with Gasteiger partial charge in [-0.2, -0.15) is 0 Å². The molecular weight excluding hydrogens is 394 g/mol. The van der Waals surface area contributed by atoms with Crippen molar-refractivity contribution in [1.82, 2.24) is 4.90 Å². The Labute approximate surface area is 166 Å². The van der Waals surface area contributed by atoms with E-state index in [0.29, 0.717) is 12.5 Å². The molecule has 26 heavy (non-hydrogen) atoms. The highest BCUT2D eigenvalue weighted by molar-refractivity contribution is 9.10. The number of amides is 1. The average molecular weight is 426 g/mol. The van der Waals surface area contributed by atoms with E-state index in [1.54, 1.807) is 4.90 Å². The summed E-state index contributed by atoms with van der Waals surface area (Å²) in [5.74, 6) is 1.47. The van der Waals surface area contributed by atoms with Crippen molar-refractivity contribution in [2.45, 2.75) is 72.4 Å². The van der Waals surface area contributed by atoms with Gasteiger partial charge in [-0.25, -0.2) is 4.79 Å². The normalized spacial score (nSPS) is 22.2. The fourth-order valence-corrected chi connectivity index (χ4v) is 4.05. The molecule has 1 amide bonds. The minimum atomic E-state index is -0.786. The number of halogens is 1. The average Bonchev–Trinajstić information content (AvgIpc) is 2.55. The summed E-state index contributed by atoms with van der Waals surface area (Å²) in [5.41, 5.74) is 1.14. The molecule has 1 aliphatic heterocycles. The molecule has 0 bridgehead atoms. The van der Waals surface area contributed by atoms with Gasteiger partial charge < -0.3 is 14.7 Å². The molecule has 0 aromatic heterocycles. The maximum atomic E-state index is 11.5. The van der Waals surface area contributed by atoms with Crippen LogP contribution in [0.25, 0.3) is 0 Å². The lowest BCUT2D eigenvalue weighted by molar-refractivity contribution is 0.0365. The van der Waals surface area contributed by atoms with Crippen LogP contribution in [0.1, 0.15) is 58.9 Å². The number of hydrogen-bond donors (Lipinski definition) is 1. The van der Waals surface area contributed by atoms with Gasteiger partial charge in [0.25, 0.3) is 0 Å². The van der Waals surface area contributed by atoms with Crippen molar-refractivity contribution in [2.75, 3.05) is 6.54 Å². The quantitative estimate of drug-likeness (QED) is 0.618. The van der Waals surface area contributed by atoms with Crippen molar-refractivity contribution in [2.24, 2.45) is 11.3 Å². The zero-order valence-corrected chi connectivity index (χ0v) is 18.2. The molecule has 1 aliphatic rings. The number of benzene rings is 1. The zero-order chi connectivity index (χ0) is 19.5. The Bertz CT molecular complexity index is 626. The minimum Gasteiger partial charge on any atom is -0.491 e. The highest BCUT2D eigenvalue weighted by Gasteiger charge is 2.38. The largest absolute Gasteiger partial charge is 0.491 e. The van der Waals surface area contributed by atoms with E-state index in [9.17, 15) is 9.90 Å². The van der Waals surface area contributed by atoms with Gasteiger partial charge in [0.15, 0.2) is 0 Å². The molecule has 146 valence electrons. The Morgan fingerprint density at radius 2 is 2.12 bits per heavy atom. The number of piperidine rings is 1. The second-order valence-electron chi connectivity index (χ2n) is 8.67. The maximum absolute atomic E-state index is 11.5. The second kappa shape index (κ2) is 8.64. The third-order valence-corrected chi connectivity index (χ3v) is 6.29. The predicted octanol–water partition coefficient (Wildman–Crippen LogP) is 6.11. The molecule has 0 radical (unpaired) electrons. The Balaban J connectivity index is 1.88. The molecule has 2 rings (SSSR count). The molecule has 4 nitrogen and oxygen atoms in total. The lowest BCUT2D eigenvalue weighted by atomic mass is 9.76. The van der Waals surface area contributed by atoms with Gasteiger partial charge in [-0.1, -0.05) is 36.7 Å². The number of hydrogen-bond acceptors (Lipinski definition) is 2. The summed E-state index contributed by atoms with van der Waals surface area (Å²) in [6, 6.07) is 6.16. The molecule has 5 heteroatoms. The van der Waals surface area contributed by atoms with E-state index in [2.05, 4.69) is 56.6 Å². The molecule has 0 aliphatic carbocycles. The third-order valence-electron chi connectivity index (χ3n) is 5.40. The van der Waals surface area contributed by atoms with E-state index in [0.717, 1.165) is 35.9 Å². The molecule has 0 spiro atoms. The van der Waals surface area contributed by atoms with Crippen LogP contribution in [0.15, 0.2) is 22.7 Å². The Morgan fingerprint density at radius 3 is 2.69 bits per heavy atom. The van der Waals surface area contributed by atoms with Gasteiger partial charge in [0, 0.05) is 17.1 Å². The smallest absolute Gasteiger partial charge is 0.407 e. The van der Waals surface area contributed by atoms with Crippen LogP contribution < -0.4 is 4.74 Å². The van der Waals surface area contributed by atoms with Crippen LogP contribution in [0.3, 0.4) is 0 Å². The highest BCUT2D eigenvalue weighted by Crippen LogP contribution is 2.36. The summed E-state index contributed by atoms with van der Waals surface area (Å²) in [5, 5.41) is 9.48. The van der Waals surface area contributed by atoms with Gasteiger partial charge in [-0.15, -0.1) is 0 Å². The van der Waals surface area contributed by atoms with Crippen LogP contribution >= 0.6 is 15.9 Å². The number of likely N-dealkylation sites (tertiary alicyclic amines) is 1. The van der Waals surface area contributed by atoms with E-state index in [-0.39, 0.29) is 17.6 Å². The lowest BCUT2D eigenvalue weighted by Gasteiger charge is -2.44. The fourth-order valence-electron chi connectivity index (χ4n) is 3.80. The van der Waals surface area contributed by atoms with Crippen molar-refractivity contribution in [3.63, 3.8) is 0 Å². The first kappa shape index (κ1) is 21.1. The Hall–Kier alpha value is -1.23. The predicted molar refractivity (Wildman–Crippen MR) is 109 cm³/mol. The molecule has 1 N–H and O–H groups in total. The van der Waals surface area contributed by atoms with Crippen LogP contribution in [0.5, 0.6) is 5.75 Å². The number of carboxylic acid groups (broad SMARTS) is 1. The van der Waals surface area contributed by atoms with Crippen molar-refractivity contribution in [3.8, 4) is 5.75 Å². The molecule has 1 aromatic rings. The van der Waals surface area contributed by atoms with Gasteiger partial charge in [0.05, 0.1) is 6.10 Å². The van der Waals surface area contributed by atoms with Gasteiger partial charge in [-0.3, -0.25) is 0 Å². The van der Waals surface area contributed by atoms with E-state index in [4.69, 9.17) is 4.74 Å². The van der Waals surface area contributed by atoms with E-state index in [1.165, 1.54) is 5.56 Å². The first-order chi connectivity index (χ1) is 12.1. The number of carbonyl (C=O) groups is 1. The number of ether oxygens (including phenoxy) is 1. The topological polar surface area (TPSA) is 49.8 Å². The third kappa shape index (κ3) is 5.63. The van der Waals surface area contributed by atoms with Crippen molar-refractivity contribution < 1.29 is 14.6 Å². The minimum absolute atomic E-state index is 0.0336. The standard InChI is InChI=1S/C21H32BrNO3/c1-14-12-17(8-9-18(14)22)26-15(2)6-7-16-10-11-23(20(24)25)19(13-16)21(3,4)5/h8-9,12,15-16,19H,6-7,10-11,13H2,1-5H3,(H,24,25)/t15-,16?,19?/m0/s1. The summed E-state index contributed by atoms with van der Waals surface area (Å²) in [4.78, 5) is 13.2. The number of nitrogens with zero attached hydrogens (tertiary/aromatic N) is 1. The summed E-state index contributed by atoms with van der Waals surface area (Å²) in [6.45, 7) is 11.2. The molecule has 2 unspecified atom stereocenters. The molecule has 1 heterocycles. The summed E-state index contributed by atoms with van der Waals surface area (Å²) in [7, 11) is 0. The monoisotopic (exact) mass is 425 g/mol. The van der Waals surface area contributed by atoms with Crippen LogP contribution in [0.2, 0.25) is 0 Å². The summed E-state index contributed by atoms with van der Waals surface area (Å²) < 4.78 is 7.16. The highest BCUT2D eigenvalue weighted by atomic mass is 79.9. The Morgan fingerprint density at radius 1 is 1.42 bits per heavy atom. The van der Waals surface area contributed by atoms with E-state index in [1.807, 2.05) is 12.1 Å². The second-order valence-corrected chi connectivity index (χ2v) is 9.52. The van der Waals surface area contributed by atoms with Gasteiger partial charge in [-0.05, 0) is 74.6 Å². The van der Waals surface area contributed by atoms with Gasteiger partial charge in [0.1, 0.15) is 5.75 Å². The molecule has 1 fully saturated rings. The van der Waals surface area contributed by atoms with Crippen LogP contribution in [-0.4, -0.2) is 34.8 Å². The van der Waals surface area contributed by atoms with Crippen LogP contribution in [0.4, 0.5) is 4.79 Å². The van der Waals surface area contributed by atoms with Gasteiger partial charge >= 0.3 is 6.09 Å². The molecule has 1 aromatic carbocycles. The van der Waals surface area contributed by atoms with Crippen molar-refractivity contribution in [1.29, 1.82) is 0 Å². The molecular formula is C21H32BrNO3. The van der Waals surface area contributed by atoms with Crippen molar-refractivity contribution >= 4 is 22.0 Å². The maximum Gasteiger partial charge on any atom is 0.407 e. The van der Waals surface area contributed by atoms with E-state index < -0.39 is 6.09 Å². The SMILES string of the molecule is Cc1cc(O[C@@H](C)CCC2CCN(C(=O)O)C(C(C)(C)C)C2)ccc1Br. The first-order valence-corrected chi connectivity index (χ1v) is 10.3. The zero-order valence-electron chi connectivity index (χ0n) is 16.6. The lowest BCUT2D eigenvalue weighted by Crippen LogP contribution is -2.51. The first-order valence-electron chi connectivity index (χ1n) is 9.50. The number of rotatable bonds is 5. The summed E-state index contributed by atoms with van der Waals surface area (Å²) in [6.07, 6.45) is 3.33. The molecule has 0 saturated carbocycles. The fraction of sp³-hybridized carbons (Fsp3) is 0.667.